The van der Waals surface area contributed by atoms with Crippen LogP contribution < -0.4 is 10.2 Å². The Kier molecular flexibility index (Phi) is 5.17. The van der Waals surface area contributed by atoms with Crippen LogP contribution in [-0.2, 0) is 0 Å². The molecule has 1 aliphatic rings. The lowest BCUT2D eigenvalue weighted by Gasteiger charge is -2.40. The van der Waals surface area contributed by atoms with E-state index in [9.17, 15) is 9.18 Å². The quantitative estimate of drug-likeness (QED) is 0.727. The molecule has 0 radical (unpaired) electrons. The van der Waals surface area contributed by atoms with E-state index in [4.69, 9.17) is 0 Å². The fraction of sp³-hybridized carbons (Fsp3) is 0.294. The van der Waals surface area contributed by atoms with Crippen molar-refractivity contribution in [2.45, 2.75) is 13.0 Å². The molecule has 1 saturated heterocycles. The van der Waals surface area contributed by atoms with Crippen LogP contribution in [-0.4, -0.2) is 41.6 Å². The largest absolute Gasteiger partial charge is 0.350 e. The topological polar surface area (TPSA) is 48.5 Å². The van der Waals surface area contributed by atoms with E-state index >= 15 is 0 Å². The van der Waals surface area contributed by atoms with Crippen LogP contribution in [0.4, 0.5) is 20.7 Å². The molecular weight excluding hydrogens is 422 g/mol. The summed E-state index contributed by atoms with van der Waals surface area (Å²) in [6, 6.07) is 10.5. The first kappa shape index (κ1) is 16.9. The summed E-state index contributed by atoms with van der Waals surface area (Å²) in [5.74, 6) is 0.0171. The van der Waals surface area contributed by atoms with E-state index in [1.807, 2.05) is 36.1 Å². The van der Waals surface area contributed by atoms with Crippen LogP contribution in [0.1, 0.15) is 6.92 Å². The molecule has 1 unspecified atom stereocenters. The number of carbonyl (C=O) groups is 1. The predicted molar refractivity (Wildman–Crippen MR) is 101 cm³/mol. The molecule has 126 valence electrons. The van der Waals surface area contributed by atoms with Crippen molar-refractivity contribution in [1.29, 1.82) is 0 Å². The SMILES string of the molecule is CC1CN(c2ncccc2F)CCN1C(=O)Nc1cccc(I)c1. The van der Waals surface area contributed by atoms with Gasteiger partial charge >= 0.3 is 6.03 Å². The lowest BCUT2D eigenvalue weighted by molar-refractivity contribution is 0.184. The van der Waals surface area contributed by atoms with E-state index in [1.165, 1.54) is 6.07 Å². The standard InChI is InChI=1S/C17H18FIN4O/c1-12-11-22(16-15(18)6-3-7-20-16)8-9-23(12)17(24)21-14-5-2-4-13(19)10-14/h2-7,10,12H,8-9,11H2,1H3,(H,21,24). The summed E-state index contributed by atoms with van der Waals surface area (Å²) >= 11 is 2.21. The molecule has 1 aromatic heterocycles. The summed E-state index contributed by atoms with van der Waals surface area (Å²) in [6.07, 6.45) is 1.58. The molecule has 2 aromatic rings. The maximum absolute atomic E-state index is 13.9. The zero-order valence-electron chi connectivity index (χ0n) is 13.2. The van der Waals surface area contributed by atoms with Gasteiger partial charge in [0, 0.05) is 41.1 Å². The second kappa shape index (κ2) is 7.33. The number of amides is 2. The number of urea groups is 1. The van der Waals surface area contributed by atoms with Gasteiger partial charge in [0.1, 0.15) is 0 Å². The summed E-state index contributed by atoms with van der Waals surface area (Å²) < 4.78 is 14.9. The minimum Gasteiger partial charge on any atom is -0.350 e. The Morgan fingerprint density at radius 3 is 2.88 bits per heavy atom. The number of piperazine rings is 1. The molecule has 24 heavy (non-hydrogen) atoms. The van der Waals surface area contributed by atoms with E-state index in [2.05, 4.69) is 32.9 Å². The molecule has 5 nitrogen and oxygen atoms in total. The van der Waals surface area contributed by atoms with E-state index in [1.54, 1.807) is 17.2 Å². The van der Waals surface area contributed by atoms with Gasteiger partial charge in [-0.25, -0.2) is 14.2 Å². The number of nitrogens with one attached hydrogen (secondary N) is 1. The molecule has 3 rings (SSSR count). The minimum absolute atomic E-state index is 0.0389. The van der Waals surface area contributed by atoms with Crippen molar-refractivity contribution in [2.24, 2.45) is 0 Å². The highest BCUT2D eigenvalue weighted by Gasteiger charge is 2.29. The Hall–Kier alpha value is -1.90. The minimum atomic E-state index is -0.332. The monoisotopic (exact) mass is 440 g/mol. The molecule has 0 aliphatic carbocycles. The van der Waals surface area contributed by atoms with Crippen molar-refractivity contribution in [3.05, 3.63) is 52.0 Å². The zero-order chi connectivity index (χ0) is 17.1. The number of hydrogen-bond donors (Lipinski definition) is 1. The molecule has 0 saturated carbocycles. The number of rotatable bonds is 2. The van der Waals surface area contributed by atoms with Crippen LogP contribution in [0.3, 0.4) is 0 Å². The van der Waals surface area contributed by atoms with Crippen molar-refractivity contribution in [1.82, 2.24) is 9.88 Å². The van der Waals surface area contributed by atoms with Gasteiger partial charge in [0.2, 0.25) is 0 Å². The molecule has 1 aliphatic heterocycles. The summed E-state index contributed by atoms with van der Waals surface area (Å²) in [7, 11) is 0. The van der Waals surface area contributed by atoms with E-state index in [0.29, 0.717) is 25.5 Å². The number of anilines is 2. The maximum Gasteiger partial charge on any atom is 0.322 e. The molecule has 0 bridgehead atoms. The summed E-state index contributed by atoms with van der Waals surface area (Å²) in [4.78, 5) is 20.3. The van der Waals surface area contributed by atoms with Crippen LogP contribution >= 0.6 is 22.6 Å². The molecule has 0 spiro atoms. The molecule has 1 atom stereocenters. The Labute approximate surface area is 154 Å². The number of benzene rings is 1. The fourth-order valence-corrected chi connectivity index (χ4v) is 3.37. The van der Waals surface area contributed by atoms with Crippen LogP contribution in [0.2, 0.25) is 0 Å². The fourth-order valence-electron chi connectivity index (χ4n) is 2.82. The number of pyridine rings is 1. The Morgan fingerprint density at radius 2 is 2.17 bits per heavy atom. The third kappa shape index (κ3) is 3.77. The van der Waals surface area contributed by atoms with Crippen molar-refractivity contribution in [3.8, 4) is 0 Å². The number of halogens is 2. The summed E-state index contributed by atoms with van der Waals surface area (Å²) in [5, 5.41) is 2.92. The lowest BCUT2D eigenvalue weighted by atomic mass is 10.2. The van der Waals surface area contributed by atoms with Crippen molar-refractivity contribution in [3.63, 3.8) is 0 Å². The van der Waals surface area contributed by atoms with Crippen molar-refractivity contribution < 1.29 is 9.18 Å². The highest BCUT2D eigenvalue weighted by molar-refractivity contribution is 14.1. The van der Waals surface area contributed by atoms with E-state index < -0.39 is 0 Å². The van der Waals surface area contributed by atoms with Crippen LogP contribution in [0.25, 0.3) is 0 Å². The van der Waals surface area contributed by atoms with Gasteiger partial charge in [0.25, 0.3) is 0 Å². The van der Waals surface area contributed by atoms with Gasteiger partial charge in [-0.05, 0) is 59.8 Å². The Morgan fingerprint density at radius 1 is 1.33 bits per heavy atom. The Bertz CT molecular complexity index is 742. The number of aromatic nitrogens is 1. The van der Waals surface area contributed by atoms with Gasteiger partial charge in [0.15, 0.2) is 11.6 Å². The molecule has 1 fully saturated rings. The lowest BCUT2D eigenvalue weighted by Crippen LogP contribution is -2.55. The first-order valence-electron chi connectivity index (χ1n) is 7.73. The normalized spacial score (nSPS) is 17.7. The number of hydrogen-bond acceptors (Lipinski definition) is 3. The van der Waals surface area contributed by atoms with Gasteiger partial charge in [-0.2, -0.15) is 0 Å². The predicted octanol–water partition coefficient (Wildman–Crippen LogP) is 3.57. The van der Waals surface area contributed by atoms with Crippen molar-refractivity contribution >= 4 is 40.1 Å². The smallest absolute Gasteiger partial charge is 0.322 e. The third-order valence-corrected chi connectivity index (χ3v) is 4.67. The maximum atomic E-state index is 13.9. The van der Waals surface area contributed by atoms with Crippen LogP contribution in [0.5, 0.6) is 0 Å². The zero-order valence-corrected chi connectivity index (χ0v) is 15.4. The summed E-state index contributed by atoms with van der Waals surface area (Å²) in [5.41, 5.74) is 0.775. The highest BCUT2D eigenvalue weighted by Crippen LogP contribution is 2.21. The first-order valence-corrected chi connectivity index (χ1v) is 8.81. The third-order valence-electron chi connectivity index (χ3n) is 4.00. The second-order valence-corrected chi connectivity index (χ2v) is 6.98. The van der Waals surface area contributed by atoms with Gasteiger partial charge in [-0.3, -0.25) is 0 Å². The number of nitrogens with zero attached hydrogens (tertiary/aromatic N) is 3. The van der Waals surface area contributed by atoms with Crippen LogP contribution in [0, 0.1) is 9.39 Å². The number of carbonyl (C=O) groups excluding carboxylic acids is 1. The van der Waals surface area contributed by atoms with Crippen molar-refractivity contribution in [2.75, 3.05) is 29.9 Å². The van der Waals surface area contributed by atoms with Crippen LogP contribution in [0.15, 0.2) is 42.6 Å². The average molecular weight is 440 g/mol. The second-order valence-electron chi connectivity index (χ2n) is 5.74. The summed E-state index contributed by atoms with van der Waals surface area (Å²) in [6.45, 7) is 3.58. The molecule has 2 heterocycles. The van der Waals surface area contributed by atoms with Gasteiger partial charge in [-0.1, -0.05) is 6.07 Å². The van der Waals surface area contributed by atoms with Gasteiger partial charge in [-0.15, -0.1) is 0 Å². The molecule has 7 heteroatoms. The van der Waals surface area contributed by atoms with E-state index in [0.717, 1.165) is 9.26 Å². The molecule has 2 amide bonds. The highest BCUT2D eigenvalue weighted by atomic mass is 127. The van der Waals surface area contributed by atoms with E-state index in [-0.39, 0.29) is 17.9 Å². The molecule has 1 N–H and O–H groups in total. The molecular formula is C17H18FIN4O. The average Bonchev–Trinajstić information content (AvgIpc) is 2.55. The Balaban J connectivity index is 1.65. The van der Waals surface area contributed by atoms with Gasteiger partial charge in [0.05, 0.1) is 0 Å². The van der Waals surface area contributed by atoms with Gasteiger partial charge < -0.3 is 15.1 Å². The first-order chi connectivity index (χ1) is 11.5. The molecule has 1 aromatic carbocycles.